The molecule has 0 amide bonds. The molecular formula is C11H22. The molecule has 11 heavy (non-hydrogen) atoms. The van der Waals surface area contributed by atoms with Crippen molar-refractivity contribution in [3.8, 4) is 0 Å². The van der Waals surface area contributed by atoms with Crippen molar-refractivity contribution in [2.75, 3.05) is 0 Å². The number of allylic oxidation sites excluding steroid dienone is 3. The van der Waals surface area contributed by atoms with Crippen LogP contribution in [0.4, 0.5) is 0 Å². The summed E-state index contributed by atoms with van der Waals surface area (Å²) in [6.07, 6.45) is 4.30. The molecule has 0 aromatic carbocycles. The molecule has 0 nitrogen and oxygen atoms in total. The highest BCUT2D eigenvalue weighted by atomic mass is 14.1. The first-order valence-electron chi connectivity index (χ1n) is 3.87. The Morgan fingerprint density at radius 2 is 1.73 bits per heavy atom. The quantitative estimate of drug-likeness (QED) is 0.538. The van der Waals surface area contributed by atoms with E-state index in [-0.39, 0.29) is 7.43 Å². The summed E-state index contributed by atoms with van der Waals surface area (Å²) >= 11 is 0. The normalized spacial score (nSPS) is 13.2. The second kappa shape index (κ2) is 6.21. The van der Waals surface area contributed by atoms with Crippen LogP contribution in [0.1, 0.15) is 35.1 Å². The fourth-order valence-corrected chi connectivity index (χ4v) is 0.538. The highest BCUT2D eigenvalue weighted by molar-refractivity contribution is 5.11. The first kappa shape index (κ1) is 13.1. The van der Waals surface area contributed by atoms with Gasteiger partial charge in [0, 0.05) is 0 Å². The third-order valence-corrected chi connectivity index (χ3v) is 1.74. The van der Waals surface area contributed by atoms with Gasteiger partial charge in [-0.05, 0) is 18.8 Å². The largest absolute Gasteiger partial charge is 0.0961 e. The van der Waals surface area contributed by atoms with Crippen LogP contribution in [0.25, 0.3) is 0 Å². The topological polar surface area (TPSA) is 0 Å². The molecule has 0 radical (unpaired) electrons. The summed E-state index contributed by atoms with van der Waals surface area (Å²) < 4.78 is 0. The van der Waals surface area contributed by atoms with Crippen LogP contribution in [0.5, 0.6) is 0 Å². The van der Waals surface area contributed by atoms with Crippen molar-refractivity contribution in [3.05, 3.63) is 24.3 Å². The van der Waals surface area contributed by atoms with E-state index in [0.717, 1.165) is 11.5 Å². The fraction of sp³-hybridized carbons (Fsp3) is 0.636. The fourth-order valence-electron chi connectivity index (χ4n) is 0.538. The van der Waals surface area contributed by atoms with Crippen LogP contribution >= 0.6 is 0 Å². The molecule has 0 saturated heterocycles. The second-order valence-corrected chi connectivity index (χ2v) is 3.31. The lowest BCUT2D eigenvalue weighted by Crippen LogP contribution is -1.98. The third-order valence-electron chi connectivity index (χ3n) is 1.74. The van der Waals surface area contributed by atoms with E-state index >= 15 is 0 Å². The van der Waals surface area contributed by atoms with Gasteiger partial charge in [0.15, 0.2) is 0 Å². The molecular weight excluding hydrogens is 132 g/mol. The Bertz CT molecular complexity index is 129. The molecule has 0 aromatic rings. The minimum Gasteiger partial charge on any atom is -0.0961 e. The first-order valence-corrected chi connectivity index (χ1v) is 3.87. The van der Waals surface area contributed by atoms with Crippen LogP contribution < -0.4 is 0 Å². The maximum absolute atomic E-state index is 3.80. The predicted octanol–water partition coefficient (Wildman–Crippen LogP) is 4.05. The smallest absolute Gasteiger partial charge is 0.0236 e. The highest BCUT2D eigenvalue weighted by Gasteiger charge is 2.00. The number of hydrogen-bond acceptors (Lipinski definition) is 0. The molecule has 0 N–H and O–H groups in total. The van der Waals surface area contributed by atoms with Crippen molar-refractivity contribution in [1.82, 2.24) is 0 Å². The van der Waals surface area contributed by atoms with Gasteiger partial charge in [-0.3, -0.25) is 0 Å². The van der Waals surface area contributed by atoms with E-state index in [1.54, 1.807) is 0 Å². The summed E-state index contributed by atoms with van der Waals surface area (Å²) in [6.45, 7) is 12.5. The van der Waals surface area contributed by atoms with Crippen molar-refractivity contribution in [2.45, 2.75) is 35.1 Å². The summed E-state index contributed by atoms with van der Waals surface area (Å²) in [5.74, 6) is 1.40. The van der Waals surface area contributed by atoms with Gasteiger partial charge in [0.1, 0.15) is 0 Å². The standard InChI is InChI=1S/C10H18.CH4/c1-8(2)6-7-10(5)9(3)4;/h6-7,9-10H,1H2,2-5H3;1H4/b7-6-;/t10-;/m0./s1. The molecule has 0 bridgehead atoms. The predicted molar refractivity (Wildman–Crippen MR) is 54.7 cm³/mol. The highest BCUT2D eigenvalue weighted by Crippen LogP contribution is 2.11. The van der Waals surface area contributed by atoms with Crippen molar-refractivity contribution < 1.29 is 0 Å². The zero-order valence-electron chi connectivity index (χ0n) is 7.52. The zero-order valence-corrected chi connectivity index (χ0v) is 7.52. The lowest BCUT2D eigenvalue weighted by Gasteiger charge is -2.09. The van der Waals surface area contributed by atoms with E-state index in [1.165, 1.54) is 0 Å². The van der Waals surface area contributed by atoms with Crippen molar-refractivity contribution in [2.24, 2.45) is 11.8 Å². The van der Waals surface area contributed by atoms with E-state index in [4.69, 9.17) is 0 Å². The summed E-state index contributed by atoms with van der Waals surface area (Å²) in [4.78, 5) is 0. The first-order chi connectivity index (χ1) is 4.54. The molecule has 0 fully saturated rings. The van der Waals surface area contributed by atoms with Gasteiger partial charge in [0.2, 0.25) is 0 Å². The van der Waals surface area contributed by atoms with E-state index < -0.39 is 0 Å². The SMILES string of the molecule is C.C=C(C)/C=C\[C@H](C)C(C)C. The molecule has 0 heterocycles. The molecule has 0 unspecified atom stereocenters. The van der Waals surface area contributed by atoms with Crippen LogP contribution in [0.2, 0.25) is 0 Å². The Balaban J connectivity index is 0. The molecule has 0 saturated carbocycles. The molecule has 0 spiro atoms. The summed E-state index contributed by atoms with van der Waals surface area (Å²) in [6, 6.07) is 0. The van der Waals surface area contributed by atoms with Gasteiger partial charge in [-0.2, -0.15) is 0 Å². The maximum Gasteiger partial charge on any atom is -0.0236 e. The summed E-state index contributed by atoms with van der Waals surface area (Å²) in [5, 5.41) is 0. The van der Waals surface area contributed by atoms with E-state index in [9.17, 15) is 0 Å². The summed E-state index contributed by atoms with van der Waals surface area (Å²) in [7, 11) is 0. The Morgan fingerprint density at radius 1 is 1.27 bits per heavy atom. The van der Waals surface area contributed by atoms with Crippen LogP contribution in [-0.4, -0.2) is 0 Å². The molecule has 66 valence electrons. The van der Waals surface area contributed by atoms with Gasteiger partial charge in [-0.1, -0.05) is 52.5 Å². The van der Waals surface area contributed by atoms with Crippen LogP contribution in [0.15, 0.2) is 24.3 Å². The van der Waals surface area contributed by atoms with Crippen molar-refractivity contribution >= 4 is 0 Å². The molecule has 0 aliphatic rings. The van der Waals surface area contributed by atoms with Crippen LogP contribution in [-0.2, 0) is 0 Å². The Labute approximate surface area is 72.0 Å². The minimum absolute atomic E-state index is 0. The molecule has 0 aliphatic heterocycles. The lowest BCUT2D eigenvalue weighted by molar-refractivity contribution is 0.504. The van der Waals surface area contributed by atoms with Crippen LogP contribution in [0.3, 0.4) is 0 Å². The lowest BCUT2D eigenvalue weighted by atomic mass is 9.97. The van der Waals surface area contributed by atoms with Crippen molar-refractivity contribution in [1.29, 1.82) is 0 Å². The Kier molecular flexibility index (Phi) is 7.39. The van der Waals surface area contributed by atoms with Crippen LogP contribution in [0, 0.1) is 11.8 Å². The van der Waals surface area contributed by atoms with E-state index in [0.29, 0.717) is 5.92 Å². The van der Waals surface area contributed by atoms with Gasteiger partial charge in [-0.25, -0.2) is 0 Å². The van der Waals surface area contributed by atoms with Gasteiger partial charge in [0.05, 0.1) is 0 Å². The molecule has 0 aliphatic carbocycles. The monoisotopic (exact) mass is 154 g/mol. The molecule has 0 rings (SSSR count). The van der Waals surface area contributed by atoms with E-state index in [2.05, 4.69) is 39.5 Å². The molecule has 1 atom stereocenters. The minimum atomic E-state index is 0. The second-order valence-electron chi connectivity index (χ2n) is 3.31. The van der Waals surface area contributed by atoms with Gasteiger partial charge >= 0.3 is 0 Å². The van der Waals surface area contributed by atoms with Gasteiger partial charge < -0.3 is 0 Å². The summed E-state index contributed by atoms with van der Waals surface area (Å²) in [5.41, 5.74) is 1.13. The molecule has 0 aromatic heterocycles. The van der Waals surface area contributed by atoms with Gasteiger partial charge in [-0.15, -0.1) is 0 Å². The van der Waals surface area contributed by atoms with Gasteiger partial charge in [0.25, 0.3) is 0 Å². The number of hydrogen-bond donors (Lipinski definition) is 0. The molecule has 0 heteroatoms. The average molecular weight is 154 g/mol. The third kappa shape index (κ3) is 7.38. The Hall–Kier alpha value is -0.520. The van der Waals surface area contributed by atoms with Crippen molar-refractivity contribution in [3.63, 3.8) is 0 Å². The van der Waals surface area contributed by atoms with E-state index in [1.807, 2.05) is 6.92 Å². The zero-order chi connectivity index (χ0) is 8.15. The average Bonchev–Trinajstić information content (AvgIpc) is 1.82. The maximum atomic E-state index is 3.80. The Morgan fingerprint density at radius 3 is 2.00 bits per heavy atom. The number of rotatable bonds is 3.